The van der Waals surface area contributed by atoms with Crippen LogP contribution < -0.4 is 5.73 Å². The Morgan fingerprint density at radius 3 is 2.38 bits per heavy atom. The third-order valence-corrected chi connectivity index (χ3v) is 4.86. The minimum absolute atomic E-state index is 0.330. The van der Waals surface area contributed by atoms with Gasteiger partial charge in [0.1, 0.15) is 0 Å². The maximum atomic E-state index is 6.13. The number of likely N-dealkylation sites (tertiary alicyclic amines) is 1. The van der Waals surface area contributed by atoms with Crippen LogP contribution in [0, 0.1) is 26.7 Å². The lowest BCUT2D eigenvalue weighted by atomic mass is 9.92. The quantitative estimate of drug-likeness (QED) is 0.904. The Kier molecular flexibility index (Phi) is 5.42. The summed E-state index contributed by atoms with van der Waals surface area (Å²) in [6, 6.07) is 4.89. The summed E-state index contributed by atoms with van der Waals surface area (Å²) in [7, 11) is 4.45. The Bertz CT molecular complexity index is 460. The summed E-state index contributed by atoms with van der Waals surface area (Å²) in [4.78, 5) is 4.90. The van der Waals surface area contributed by atoms with Crippen molar-refractivity contribution in [2.24, 2.45) is 11.7 Å². The largest absolute Gasteiger partial charge is 0.329 e. The first kappa shape index (κ1) is 16.5. The molecule has 0 aliphatic carbocycles. The predicted octanol–water partition coefficient (Wildman–Crippen LogP) is 2.50. The van der Waals surface area contributed by atoms with Crippen molar-refractivity contribution in [2.45, 2.75) is 33.2 Å². The van der Waals surface area contributed by atoms with Crippen LogP contribution in [0.4, 0.5) is 0 Å². The number of likely N-dealkylation sites (N-methyl/N-ethyl adjacent to an activating group) is 1. The van der Waals surface area contributed by atoms with Crippen molar-refractivity contribution in [1.29, 1.82) is 0 Å². The van der Waals surface area contributed by atoms with E-state index < -0.39 is 0 Å². The minimum atomic E-state index is 0.330. The molecule has 1 aliphatic rings. The SMILES string of the molecule is Cc1cc(C)c(C(CN)N(C)CC2CCN(C)C2)c(C)c1. The molecule has 1 aromatic rings. The highest BCUT2D eigenvalue weighted by Crippen LogP contribution is 2.28. The van der Waals surface area contributed by atoms with Crippen molar-refractivity contribution in [2.75, 3.05) is 40.3 Å². The predicted molar refractivity (Wildman–Crippen MR) is 90.7 cm³/mol. The summed E-state index contributed by atoms with van der Waals surface area (Å²) in [6.07, 6.45) is 1.31. The Morgan fingerprint density at radius 1 is 1.29 bits per heavy atom. The van der Waals surface area contributed by atoms with Gasteiger partial charge in [0.15, 0.2) is 0 Å². The lowest BCUT2D eigenvalue weighted by Gasteiger charge is -2.32. The van der Waals surface area contributed by atoms with Crippen molar-refractivity contribution in [3.8, 4) is 0 Å². The number of aryl methyl sites for hydroxylation is 3. The molecule has 1 aliphatic heterocycles. The summed E-state index contributed by atoms with van der Waals surface area (Å²) in [5, 5.41) is 0. The van der Waals surface area contributed by atoms with E-state index in [-0.39, 0.29) is 0 Å². The second-order valence-corrected chi connectivity index (χ2v) is 6.92. The van der Waals surface area contributed by atoms with Gasteiger partial charge < -0.3 is 10.6 Å². The topological polar surface area (TPSA) is 32.5 Å². The van der Waals surface area contributed by atoms with Crippen LogP contribution in [0.1, 0.15) is 34.7 Å². The van der Waals surface area contributed by atoms with Crippen LogP contribution in [0.15, 0.2) is 12.1 Å². The van der Waals surface area contributed by atoms with E-state index in [0.717, 1.165) is 12.5 Å². The average Bonchev–Trinajstić information content (AvgIpc) is 2.78. The number of hydrogen-bond donors (Lipinski definition) is 1. The summed E-state index contributed by atoms with van der Waals surface area (Å²) in [5.74, 6) is 0.778. The molecule has 2 unspecified atom stereocenters. The van der Waals surface area contributed by atoms with Crippen LogP contribution in [0.2, 0.25) is 0 Å². The maximum absolute atomic E-state index is 6.13. The van der Waals surface area contributed by atoms with Crippen molar-refractivity contribution in [1.82, 2.24) is 9.80 Å². The summed E-state index contributed by atoms with van der Waals surface area (Å²) in [5.41, 5.74) is 11.6. The molecular formula is C18H31N3. The Hall–Kier alpha value is -0.900. The van der Waals surface area contributed by atoms with Crippen LogP contribution in [0.5, 0.6) is 0 Å². The molecule has 0 saturated carbocycles. The molecule has 1 aromatic carbocycles. The van der Waals surface area contributed by atoms with E-state index in [1.807, 2.05) is 0 Å². The monoisotopic (exact) mass is 289 g/mol. The molecule has 0 bridgehead atoms. The van der Waals surface area contributed by atoms with Gasteiger partial charge in [-0.15, -0.1) is 0 Å². The highest BCUT2D eigenvalue weighted by atomic mass is 15.2. The lowest BCUT2D eigenvalue weighted by Crippen LogP contribution is -2.35. The van der Waals surface area contributed by atoms with Crippen LogP contribution in [0.25, 0.3) is 0 Å². The zero-order chi connectivity index (χ0) is 15.6. The summed E-state index contributed by atoms with van der Waals surface area (Å²) < 4.78 is 0. The highest BCUT2D eigenvalue weighted by molar-refractivity contribution is 5.39. The number of hydrogen-bond acceptors (Lipinski definition) is 3. The lowest BCUT2D eigenvalue weighted by molar-refractivity contribution is 0.210. The minimum Gasteiger partial charge on any atom is -0.329 e. The zero-order valence-corrected chi connectivity index (χ0v) is 14.3. The number of rotatable bonds is 5. The van der Waals surface area contributed by atoms with Crippen LogP contribution in [-0.2, 0) is 0 Å². The van der Waals surface area contributed by atoms with E-state index in [9.17, 15) is 0 Å². The highest BCUT2D eigenvalue weighted by Gasteiger charge is 2.25. The van der Waals surface area contributed by atoms with Gasteiger partial charge in [0.2, 0.25) is 0 Å². The molecule has 0 spiro atoms. The molecule has 0 aromatic heterocycles. The van der Waals surface area contributed by atoms with Gasteiger partial charge in [-0.25, -0.2) is 0 Å². The standard InChI is InChI=1S/C18H31N3/c1-13-8-14(2)18(15(3)9-13)17(10-19)21(5)12-16-6-7-20(4)11-16/h8-9,16-17H,6-7,10-12,19H2,1-5H3. The van der Waals surface area contributed by atoms with E-state index in [0.29, 0.717) is 12.6 Å². The van der Waals surface area contributed by atoms with Crippen molar-refractivity contribution in [3.63, 3.8) is 0 Å². The fraction of sp³-hybridized carbons (Fsp3) is 0.667. The van der Waals surface area contributed by atoms with Crippen molar-refractivity contribution < 1.29 is 0 Å². The van der Waals surface area contributed by atoms with E-state index in [1.54, 1.807) is 0 Å². The third-order valence-electron chi connectivity index (χ3n) is 4.86. The number of nitrogens with zero attached hydrogens (tertiary/aromatic N) is 2. The Morgan fingerprint density at radius 2 is 1.90 bits per heavy atom. The Balaban J connectivity index is 2.15. The molecule has 0 amide bonds. The molecule has 0 radical (unpaired) electrons. The smallest absolute Gasteiger partial charge is 0.0472 e. The molecule has 2 atom stereocenters. The van der Waals surface area contributed by atoms with Gasteiger partial charge in [0.05, 0.1) is 0 Å². The second kappa shape index (κ2) is 6.91. The number of benzene rings is 1. The number of nitrogens with two attached hydrogens (primary N) is 1. The van der Waals surface area contributed by atoms with Gasteiger partial charge in [0.25, 0.3) is 0 Å². The van der Waals surface area contributed by atoms with E-state index in [1.165, 1.54) is 41.8 Å². The van der Waals surface area contributed by atoms with Gasteiger partial charge in [-0.3, -0.25) is 4.90 Å². The first-order valence-electron chi connectivity index (χ1n) is 8.09. The van der Waals surface area contributed by atoms with Crippen molar-refractivity contribution >= 4 is 0 Å². The van der Waals surface area contributed by atoms with Gasteiger partial charge in [-0.2, -0.15) is 0 Å². The van der Waals surface area contributed by atoms with Gasteiger partial charge in [-0.1, -0.05) is 17.7 Å². The molecule has 21 heavy (non-hydrogen) atoms. The summed E-state index contributed by atoms with van der Waals surface area (Å²) >= 11 is 0. The van der Waals surface area contributed by atoms with E-state index >= 15 is 0 Å². The molecule has 2 rings (SSSR count). The van der Waals surface area contributed by atoms with Crippen molar-refractivity contribution in [3.05, 3.63) is 34.4 Å². The first-order valence-corrected chi connectivity index (χ1v) is 8.09. The van der Waals surface area contributed by atoms with Crippen LogP contribution in [0.3, 0.4) is 0 Å². The molecular weight excluding hydrogens is 258 g/mol. The molecule has 1 fully saturated rings. The average molecular weight is 289 g/mol. The molecule has 3 heteroatoms. The Labute approximate surface area is 130 Å². The molecule has 1 heterocycles. The second-order valence-electron chi connectivity index (χ2n) is 6.92. The van der Waals surface area contributed by atoms with Gasteiger partial charge in [-0.05, 0) is 70.4 Å². The normalized spacial score (nSPS) is 21.2. The molecule has 3 nitrogen and oxygen atoms in total. The van der Waals surface area contributed by atoms with Gasteiger partial charge >= 0.3 is 0 Å². The summed E-state index contributed by atoms with van der Waals surface area (Å²) in [6.45, 7) is 10.9. The molecule has 118 valence electrons. The van der Waals surface area contributed by atoms with E-state index in [2.05, 4.69) is 56.8 Å². The fourth-order valence-electron chi connectivity index (χ4n) is 3.94. The first-order chi connectivity index (χ1) is 9.92. The van der Waals surface area contributed by atoms with E-state index in [4.69, 9.17) is 5.73 Å². The van der Waals surface area contributed by atoms with Crippen LogP contribution in [-0.4, -0.2) is 50.1 Å². The maximum Gasteiger partial charge on any atom is 0.0472 e. The van der Waals surface area contributed by atoms with Crippen LogP contribution >= 0.6 is 0 Å². The third kappa shape index (κ3) is 3.85. The zero-order valence-electron chi connectivity index (χ0n) is 14.3. The molecule has 2 N–H and O–H groups in total. The molecule has 1 saturated heterocycles. The fourth-order valence-corrected chi connectivity index (χ4v) is 3.94. The van der Waals surface area contributed by atoms with Gasteiger partial charge in [0, 0.05) is 25.7 Å².